The highest BCUT2D eigenvalue weighted by atomic mass is 79.9. The van der Waals surface area contributed by atoms with Gasteiger partial charge in [-0.05, 0) is 77.7 Å². The zero-order valence-electron chi connectivity index (χ0n) is 19.4. The Hall–Kier alpha value is -2.93. The minimum absolute atomic E-state index is 0.284. The lowest BCUT2D eigenvalue weighted by molar-refractivity contribution is 0.241. The fourth-order valence-electron chi connectivity index (χ4n) is 4.88. The van der Waals surface area contributed by atoms with Gasteiger partial charge in [0, 0.05) is 25.6 Å². The van der Waals surface area contributed by atoms with Crippen molar-refractivity contribution < 1.29 is 4.42 Å². The summed E-state index contributed by atoms with van der Waals surface area (Å²) < 4.78 is 9.21. The highest BCUT2D eigenvalue weighted by Gasteiger charge is 2.45. The van der Waals surface area contributed by atoms with E-state index < -0.39 is 0 Å². The van der Waals surface area contributed by atoms with Gasteiger partial charge in [-0.15, -0.1) is 10.2 Å². The van der Waals surface area contributed by atoms with Crippen LogP contribution in [0.3, 0.4) is 0 Å². The molecule has 0 aliphatic heterocycles. The third-order valence-electron chi connectivity index (χ3n) is 6.96. The van der Waals surface area contributed by atoms with Crippen LogP contribution in [0.4, 0.5) is 0 Å². The number of aromatic nitrogens is 4. The molecule has 5 nitrogen and oxygen atoms in total. The summed E-state index contributed by atoms with van der Waals surface area (Å²) in [4.78, 5) is 0. The number of para-hydroxylation sites is 1. The molecule has 1 aliphatic carbocycles. The van der Waals surface area contributed by atoms with Crippen molar-refractivity contribution in [3.05, 3.63) is 104 Å². The predicted octanol–water partition coefficient (Wildman–Crippen LogP) is 8.44. The maximum absolute atomic E-state index is 6.37. The van der Waals surface area contributed by atoms with Crippen molar-refractivity contribution >= 4 is 39.1 Å². The van der Waals surface area contributed by atoms with E-state index in [1.807, 2.05) is 72.3 Å². The van der Waals surface area contributed by atoms with Crippen molar-refractivity contribution in [3.8, 4) is 28.5 Å². The van der Waals surface area contributed by atoms with Crippen LogP contribution in [0.5, 0.6) is 0 Å². The molecule has 5 aromatic rings. The molecule has 0 saturated heterocycles. The SMILES string of the molecule is Cc1c(-c2nnc(C3(c4ccc(Cl)cc4)CCC3)o2)nn(-c2ccccc2Br)c1-c1ccc(Cl)cc1. The van der Waals surface area contributed by atoms with Crippen molar-refractivity contribution in [2.45, 2.75) is 31.6 Å². The second kappa shape index (κ2) is 9.18. The quantitative estimate of drug-likeness (QED) is 0.209. The Morgan fingerprint density at radius 3 is 2.19 bits per heavy atom. The van der Waals surface area contributed by atoms with Gasteiger partial charge in [-0.3, -0.25) is 0 Å². The topological polar surface area (TPSA) is 56.7 Å². The van der Waals surface area contributed by atoms with E-state index in [-0.39, 0.29) is 5.41 Å². The standard InChI is InChI=1S/C28H21BrCl2N4O/c1-17-24(26-32-33-27(36-26)28(15-4-16-28)19-9-13-21(31)14-10-19)34-35(23-6-3-2-5-22(23)29)25(17)18-7-11-20(30)12-8-18/h2-3,5-14H,4,15-16H2,1H3. The molecule has 1 saturated carbocycles. The van der Waals surface area contributed by atoms with Gasteiger partial charge in [-0.2, -0.15) is 5.10 Å². The van der Waals surface area contributed by atoms with Crippen LogP contribution < -0.4 is 0 Å². The van der Waals surface area contributed by atoms with Crippen molar-refractivity contribution in [1.29, 1.82) is 0 Å². The average molecular weight is 580 g/mol. The van der Waals surface area contributed by atoms with E-state index >= 15 is 0 Å². The maximum Gasteiger partial charge on any atom is 0.268 e. The Morgan fingerprint density at radius 1 is 0.889 bits per heavy atom. The van der Waals surface area contributed by atoms with E-state index in [0.717, 1.165) is 51.8 Å². The minimum Gasteiger partial charge on any atom is -0.418 e. The van der Waals surface area contributed by atoms with E-state index in [4.69, 9.17) is 32.7 Å². The molecule has 2 aromatic heterocycles. The van der Waals surface area contributed by atoms with Crippen LogP contribution in [0, 0.1) is 6.92 Å². The predicted molar refractivity (Wildman–Crippen MR) is 146 cm³/mol. The third kappa shape index (κ3) is 3.88. The monoisotopic (exact) mass is 578 g/mol. The maximum atomic E-state index is 6.37. The molecule has 0 N–H and O–H groups in total. The van der Waals surface area contributed by atoms with Gasteiger partial charge in [0.2, 0.25) is 5.89 Å². The first kappa shape index (κ1) is 23.5. The molecule has 8 heteroatoms. The Bertz CT molecular complexity index is 1550. The summed E-state index contributed by atoms with van der Waals surface area (Å²) in [7, 11) is 0. The summed E-state index contributed by atoms with van der Waals surface area (Å²) in [6.07, 6.45) is 3.02. The Kier molecular flexibility index (Phi) is 5.98. The molecule has 2 heterocycles. The van der Waals surface area contributed by atoms with E-state index in [2.05, 4.69) is 38.3 Å². The first-order valence-electron chi connectivity index (χ1n) is 11.7. The number of hydrogen-bond donors (Lipinski definition) is 0. The zero-order chi connectivity index (χ0) is 24.9. The average Bonchev–Trinajstić information content (AvgIpc) is 3.46. The van der Waals surface area contributed by atoms with Crippen LogP contribution >= 0.6 is 39.1 Å². The van der Waals surface area contributed by atoms with Gasteiger partial charge in [0.15, 0.2) is 5.69 Å². The molecule has 180 valence electrons. The highest BCUT2D eigenvalue weighted by Crippen LogP contribution is 2.49. The van der Waals surface area contributed by atoms with Crippen molar-refractivity contribution in [1.82, 2.24) is 20.0 Å². The van der Waals surface area contributed by atoms with E-state index in [1.165, 1.54) is 0 Å². The summed E-state index contributed by atoms with van der Waals surface area (Å²) in [6, 6.07) is 23.7. The third-order valence-corrected chi connectivity index (χ3v) is 8.14. The van der Waals surface area contributed by atoms with Gasteiger partial charge >= 0.3 is 0 Å². The summed E-state index contributed by atoms with van der Waals surface area (Å²) in [5.41, 5.74) is 5.29. The van der Waals surface area contributed by atoms with Gasteiger partial charge in [-0.25, -0.2) is 4.68 Å². The molecule has 1 fully saturated rings. The molecular formula is C28H21BrCl2N4O. The molecule has 0 spiro atoms. The summed E-state index contributed by atoms with van der Waals surface area (Å²) in [5, 5.41) is 15.3. The number of halogens is 3. The molecule has 0 amide bonds. The second-order valence-corrected chi connectivity index (χ2v) is 10.8. The smallest absolute Gasteiger partial charge is 0.268 e. The molecule has 1 aliphatic rings. The van der Waals surface area contributed by atoms with Crippen molar-refractivity contribution in [2.24, 2.45) is 0 Å². The molecule has 0 radical (unpaired) electrons. The molecule has 0 atom stereocenters. The summed E-state index contributed by atoms with van der Waals surface area (Å²) in [5.74, 6) is 1.03. The van der Waals surface area contributed by atoms with E-state index in [0.29, 0.717) is 27.5 Å². The number of nitrogens with zero attached hydrogens (tertiary/aromatic N) is 4. The number of rotatable bonds is 5. The van der Waals surface area contributed by atoms with Crippen LogP contribution in [0.15, 0.2) is 81.7 Å². The Morgan fingerprint density at radius 2 is 1.56 bits per heavy atom. The molecule has 6 rings (SSSR count). The molecule has 0 unspecified atom stereocenters. The van der Waals surface area contributed by atoms with Gasteiger partial charge in [0.1, 0.15) is 0 Å². The summed E-state index contributed by atoms with van der Waals surface area (Å²) >= 11 is 16.0. The number of benzene rings is 3. The van der Waals surface area contributed by atoms with Crippen LogP contribution in [-0.2, 0) is 5.41 Å². The second-order valence-electron chi connectivity index (χ2n) is 9.05. The van der Waals surface area contributed by atoms with Crippen LogP contribution in [-0.4, -0.2) is 20.0 Å². The lowest BCUT2D eigenvalue weighted by Gasteiger charge is -2.39. The first-order valence-corrected chi connectivity index (χ1v) is 13.2. The molecular weight excluding hydrogens is 559 g/mol. The lowest BCUT2D eigenvalue weighted by Crippen LogP contribution is -2.35. The van der Waals surface area contributed by atoms with Crippen LogP contribution in [0.2, 0.25) is 10.0 Å². The van der Waals surface area contributed by atoms with Crippen molar-refractivity contribution in [3.63, 3.8) is 0 Å². The number of hydrogen-bond acceptors (Lipinski definition) is 4. The first-order chi connectivity index (χ1) is 17.5. The normalized spacial score (nSPS) is 14.6. The largest absolute Gasteiger partial charge is 0.418 e. The van der Waals surface area contributed by atoms with Gasteiger partial charge in [0.05, 0.1) is 16.8 Å². The van der Waals surface area contributed by atoms with Gasteiger partial charge in [-0.1, -0.05) is 66.0 Å². The van der Waals surface area contributed by atoms with E-state index in [1.54, 1.807) is 0 Å². The Balaban J connectivity index is 1.48. The summed E-state index contributed by atoms with van der Waals surface area (Å²) in [6.45, 7) is 2.03. The van der Waals surface area contributed by atoms with Gasteiger partial charge in [0.25, 0.3) is 5.89 Å². The lowest BCUT2D eigenvalue weighted by atomic mass is 9.64. The zero-order valence-corrected chi connectivity index (χ0v) is 22.5. The van der Waals surface area contributed by atoms with E-state index in [9.17, 15) is 0 Å². The van der Waals surface area contributed by atoms with Crippen LogP contribution in [0.25, 0.3) is 28.5 Å². The van der Waals surface area contributed by atoms with Crippen molar-refractivity contribution in [2.75, 3.05) is 0 Å². The minimum atomic E-state index is -0.284. The fraction of sp³-hybridized carbons (Fsp3) is 0.179. The molecule has 0 bridgehead atoms. The highest BCUT2D eigenvalue weighted by molar-refractivity contribution is 9.10. The Labute approximate surface area is 227 Å². The fourth-order valence-corrected chi connectivity index (χ4v) is 5.59. The van der Waals surface area contributed by atoms with Gasteiger partial charge < -0.3 is 4.42 Å². The van der Waals surface area contributed by atoms with Crippen LogP contribution in [0.1, 0.15) is 36.3 Å². The molecule has 36 heavy (non-hydrogen) atoms. The molecule has 3 aromatic carbocycles.